The summed E-state index contributed by atoms with van der Waals surface area (Å²) < 4.78 is 12.0. The van der Waals surface area contributed by atoms with Crippen molar-refractivity contribution in [3.8, 4) is 17.0 Å². The Morgan fingerprint density at radius 2 is 1.83 bits per heavy atom. The number of nitrogens with zero attached hydrogens (tertiary/aromatic N) is 2. The zero-order chi connectivity index (χ0) is 27.3. The van der Waals surface area contributed by atoms with Crippen LogP contribution in [0, 0.1) is 5.92 Å². The van der Waals surface area contributed by atoms with E-state index in [2.05, 4.69) is 61.5 Å². The molecule has 2 aromatic carbocycles. The third kappa shape index (κ3) is 4.76. The number of carbonyl (C=O) groups is 1. The molecule has 41 heavy (non-hydrogen) atoms. The predicted octanol–water partition coefficient (Wildman–Crippen LogP) is 6.34. The number of hydrogen-bond donors (Lipinski definition) is 2. The van der Waals surface area contributed by atoms with E-state index in [1.807, 2.05) is 18.2 Å². The van der Waals surface area contributed by atoms with Gasteiger partial charge in [-0.2, -0.15) is 16.4 Å². The molecule has 4 fully saturated rings. The van der Waals surface area contributed by atoms with Crippen LogP contribution in [0.2, 0.25) is 0 Å². The number of nitrogens with one attached hydrogen (secondary N) is 2. The zero-order valence-corrected chi connectivity index (χ0v) is 23.9. The number of thiophene rings is 1. The van der Waals surface area contributed by atoms with Crippen molar-refractivity contribution in [1.82, 2.24) is 20.4 Å². The average Bonchev–Trinajstić information content (AvgIpc) is 3.66. The van der Waals surface area contributed by atoms with Crippen molar-refractivity contribution in [3.05, 3.63) is 70.4 Å². The van der Waals surface area contributed by atoms with E-state index in [4.69, 9.17) is 9.47 Å². The molecule has 2 N–H and O–H groups in total. The number of hydrogen-bond acceptors (Lipinski definition) is 6. The van der Waals surface area contributed by atoms with Crippen molar-refractivity contribution in [2.45, 2.75) is 75.2 Å². The number of fused-ring (bicyclic) bond motifs is 3. The minimum absolute atomic E-state index is 0.0317. The highest BCUT2D eigenvalue weighted by Crippen LogP contribution is 2.41. The Balaban J connectivity index is 0.969. The van der Waals surface area contributed by atoms with Crippen molar-refractivity contribution < 1.29 is 14.3 Å². The summed E-state index contributed by atoms with van der Waals surface area (Å²) in [6.45, 7) is 1.79. The largest absolute Gasteiger partial charge is 0.490 e. The van der Waals surface area contributed by atoms with Crippen LogP contribution in [0.25, 0.3) is 22.2 Å². The van der Waals surface area contributed by atoms with Gasteiger partial charge in [0.1, 0.15) is 11.9 Å². The van der Waals surface area contributed by atoms with Crippen LogP contribution in [0.15, 0.2) is 59.3 Å². The van der Waals surface area contributed by atoms with Crippen LogP contribution in [0.3, 0.4) is 0 Å². The second-order valence-electron chi connectivity index (χ2n) is 12.3. The summed E-state index contributed by atoms with van der Waals surface area (Å²) >= 11 is 1.68. The maximum Gasteiger partial charge on any atom is 0.251 e. The Morgan fingerprint density at radius 1 is 1.02 bits per heavy atom. The lowest BCUT2D eigenvalue weighted by molar-refractivity contribution is -0.102. The molecule has 212 valence electrons. The highest BCUT2D eigenvalue weighted by molar-refractivity contribution is 7.08. The van der Waals surface area contributed by atoms with E-state index < -0.39 is 0 Å². The fraction of sp³-hybridized carbons (Fsp3) is 0.455. The number of carbonyl (C=O) groups excluding carboxylic acids is 1. The summed E-state index contributed by atoms with van der Waals surface area (Å²) in [5.41, 5.74) is 4.65. The van der Waals surface area contributed by atoms with Crippen LogP contribution < -0.4 is 10.1 Å². The Morgan fingerprint density at radius 3 is 2.49 bits per heavy atom. The van der Waals surface area contributed by atoms with Crippen LogP contribution in [-0.4, -0.2) is 58.4 Å². The Kier molecular flexibility index (Phi) is 6.58. The van der Waals surface area contributed by atoms with E-state index in [1.165, 1.54) is 37.7 Å². The fourth-order valence-electron chi connectivity index (χ4n) is 7.43. The number of rotatable bonds is 8. The normalized spacial score (nSPS) is 25.5. The molecule has 2 aromatic heterocycles. The third-order valence-electron chi connectivity index (χ3n) is 9.85. The first-order valence-electron chi connectivity index (χ1n) is 15.1. The first-order valence-corrected chi connectivity index (χ1v) is 16.1. The van der Waals surface area contributed by atoms with E-state index in [1.54, 1.807) is 11.3 Å². The summed E-state index contributed by atoms with van der Waals surface area (Å²) in [4.78, 5) is 16.1. The van der Waals surface area contributed by atoms with E-state index >= 15 is 0 Å². The van der Waals surface area contributed by atoms with Gasteiger partial charge in [0.05, 0.1) is 36.5 Å². The van der Waals surface area contributed by atoms with Crippen molar-refractivity contribution >= 4 is 28.1 Å². The summed E-state index contributed by atoms with van der Waals surface area (Å²) in [5, 5.41) is 16.3. The number of ether oxygens (including phenoxy) is 2. The molecular formula is C33H36N4O3S. The first kappa shape index (κ1) is 25.5. The van der Waals surface area contributed by atoms with Crippen molar-refractivity contribution in [1.29, 1.82) is 0 Å². The van der Waals surface area contributed by atoms with Gasteiger partial charge in [0.15, 0.2) is 0 Å². The lowest BCUT2D eigenvalue weighted by Gasteiger charge is -2.46. The molecule has 8 rings (SSSR count). The summed E-state index contributed by atoms with van der Waals surface area (Å²) in [6, 6.07) is 18.2. The minimum atomic E-state index is -0.0317. The smallest absolute Gasteiger partial charge is 0.251 e. The molecule has 4 aromatic rings. The molecule has 5 heterocycles. The molecule has 0 radical (unpaired) electrons. The molecule has 3 aliphatic heterocycles. The highest BCUT2D eigenvalue weighted by atomic mass is 32.1. The van der Waals surface area contributed by atoms with Gasteiger partial charge >= 0.3 is 0 Å². The summed E-state index contributed by atoms with van der Waals surface area (Å²) in [7, 11) is 0. The number of H-pyrrole nitrogens is 1. The number of aromatic amines is 1. The van der Waals surface area contributed by atoms with Crippen molar-refractivity contribution in [2.75, 3.05) is 13.2 Å². The SMILES string of the molecule is O=C(NC(c1ccsc1)C1CCC1)c1ccc2[nH]nc(-c3ccc(OC4C[C@H]5CC[C@@H](C4)N5C4COC4)cc3)c2c1. The molecule has 0 spiro atoms. The van der Waals surface area contributed by atoms with Gasteiger partial charge in [0.2, 0.25) is 0 Å². The second kappa shape index (κ2) is 10.6. The van der Waals surface area contributed by atoms with Crippen LogP contribution in [0.5, 0.6) is 5.75 Å². The molecule has 2 unspecified atom stereocenters. The molecule has 3 saturated heterocycles. The highest BCUT2D eigenvalue weighted by Gasteiger charge is 2.46. The monoisotopic (exact) mass is 568 g/mol. The molecule has 7 nitrogen and oxygen atoms in total. The molecule has 1 saturated carbocycles. The van der Waals surface area contributed by atoms with Gasteiger partial charge in [-0.05, 0) is 109 Å². The zero-order valence-electron chi connectivity index (χ0n) is 23.1. The maximum atomic E-state index is 13.4. The Hall–Kier alpha value is -3.20. The van der Waals surface area contributed by atoms with Gasteiger partial charge < -0.3 is 14.8 Å². The third-order valence-corrected chi connectivity index (χ3v) is 10.6. The van der Waals surface area contributed by atoms with Crippen LogP contribution in [0.1, 0.15) is 66.9 Å². The van der Waals surface area contributed by atoms with E-state index in [0.29, 0.717) is 29.6 Å². The van der Waals surface area contributed by atoms with E-state index in [-0.39, 0.29) is 18.1 Å². The lowest BCUT2D eigenvalue weighted by atomic mass is 9.77. The van der Waals surface area contributed by atoms with E-state index in [0.717, 1.165) is 54.0 Å². The number of amides is 1. The van der Waals surface area contributed by atoms with Crippen LogP contribution >= 0.6 is 11.3 Å². The summed E-state index contributed by atoms with van der Waals surface area (Å²) in [6.07, 6.45) is 8.59. The molecule has 1 aliphatic carbocycles. The minimum Gasteiger partial charge on any atom is -0.490 e. The molecule has 4 atom stereocenters. The van der Waals surface area contributed by atoms with Gasteiger partial charge in [0.25, 0.3) is 5.91 Å². The average molecular weight is 569 g/mol. The Labute approximate surface area is 244 Å². The number of benzene rings is 2. The molecule has 1 amide bonds. The van der Waals surface area contributed by atoms with Crippen molar-refractivity contribution in [3.63, 3.8) is 0 Å². The number of piperidine rings is 1. The van der Waals surface area contributed by atoms with Gasteiger partial charge in [-0.15, -0.1) is 0 Å². The van der Waals surface area contributed by atoms with Crippen LogP contribution in [0.4, 0.5) is 0 Å². The standard InChI is InChI=1S/C33H36N4O3S/c38-33(34-31(20-2-1-3-20)23-12-13-41-19-23)22-6-11-30-29(14-22)32(36-35-30)21-4-9-27(10-5-21)40-28-15-24-7-8-25(16-28)37(24)26-17-39-18-26/h4-6,9-14,19-20,24-26,28,31H,1-3,7-8,15-18H2,(H,34,38)(H,35,36)/t24-,25+,28?,31?. The Bertz CT molecular complexity index is 1510. The molecule has 8 heteroatoms. The fourth-order valence-corrected chi connectivity index (χ4v) is 8.13. The maximum absolute atomic E-state index is 13.4. The molecule has 2 bridgehead atoms. The van der Waals surface area contributed by atoms with Crippen molar-refractivity contribution in [2.24, 2.45) is 5.92 Å². The first-order chi connectivity index (χ1) is 20.2. The molecule has 4 aliphatic rings. The van der Waals surface area contributed by atoms with Gasteiger partial charge in [-0.1, -0.05) is 6.42 Å². The van der Waals surface area contributed by atoms with Gasteiger partial charge in [-0.3, -0.25) is 14.8 Å². The number of aromatic nitrogens is 2. The quantitative estimate of drug-likeness (QED) is 0.260. The topological polar surface area (TPSA) is 79.5 Å². The predicted molar refractivity (Wildman–Crippen MR) is 160 cm³/mol. The van der Waals surface area contributed by atoms with Gasteiger partial charge in [-0.25, -0.2) is 0 Å². The second-order valence-corrected chi connectivity index (χ2v) is 13.1. The van der Waals surface area contributed by atoms with Crippen LogP contribution in [-0.2, 0) is 4.74 Å². The summed E-state index contributed by atoms with van der Waals surface area (Å²) in [5.74, 6) is 1.40. The van der Waals surface area contributed by atoms with Gasteiger partial charge in [0, 0.05) is 28.6 Å². The van der Waals surface area contributed by atoms with E-state index in [9.17, 15) is 4.79 Å². The lowest BCUT2D eigenvalue weighted by Crippen LogP contribution is -2.57. The molecular weight excluding hydrogens is 532 g/mol.